The number of nitrogens with zero attached hydrogens (tertiary/aromatic N) is 1. The molecule has 1 amide bonds. The molecule has 7 heteroatoms. The Morgan fingerprint density at radius 1 is 0.949 bits per heavy atom. The number of anilines is 1. The molecule has 2 aromatic carbocycles. The van der Waals surface area contributed by atoms with Crippen molar-refractivity contribution in [2.45, 2.75) is 91.0 Å². The zero-order valence-corrected chi connectivity index (χ0v) is 26.2. The van der Waals surface area contributed by atoms with Crippen LogP contribution in [0.5, 0.6) is 11.5 Å². The van der Waals surface area contributed by atoms with Gasteiger partial charge in [-0.05, 0) is 31.5 Å². The Labute approximate surface area is 249 Å². The Hall–Kier alpha value is -2.38. The predicted molar refractivity (Wildman–Crippen MR) is 157 cm³/mol. The van der Waals surface area contributed by atoms with Gasteiger partial charge >= 0.3 is 0 Å². The summed E-state index contributed by atoms with van der Waals surface area (Å²) in [6, 6.07) is 13.8. The number of thiazole rings is 1. The summed E-state index contributed by atoms with van der Waals surface area (Å²) >= 11 is 1.73. The SMILES string of the molecule is CCCCCCCCCCCCOc1c(CC(=O)Nc2cccc(C[n+]3csc(C)c3)c2)cccc1OC.[Br-]. The van der Waals surface area contributed by atoms with Crippen LogP contribution in [0.1, 0.15) is 87.1 Å². The van der Waals surface area contributed by atoms with Gasteiger partial charge in [0, 0.05) is 16.8 Å². The van der Waals surface area contributed by atoms with Gasteiger partial charge in [-0.2, -0.15) is 4.57 Å². The number of hydrogen-bond acceptors (Lipinski definition) is 4. The second kappa shape index (κ2) is 18.8. The maximum atomic E-state index is 13.0. The fraction of sp³-hybridized carbons (Fsp3) is 0.500. The molecule has 3 aromatic rings. The predicted octanol–water partition coefficient (Wildman–Crippen LogP) is 4.89. The molecular weight excluding hydrogens is 572 g/mol. The van der Waals surface area contributed by atoms with Gasteiger partial charge in [0.1, 0.15) is 0 Å². The van der Waals surface area contributed by atoms with Crippen molar-refractivity contribution in [1.82, 2.24) is 0 Å². The van der Waals surface area contributed by atoms with E-state index in [1.807, 2.05) is 36.4 Å². The van der Waals surface area contributed by atoms with Crippen LogP contribution < -0.4 is 36.3 Å². The highest BCUT2D eigenvalue weighted by Gasteiger charge is 2.15. The topological polar surface area (TPSA) is 51.4 Å². The molecule has 0 spiro atoms. The minimum absolute atomic E-state index is 0. The number of methoxy groups -OCH3 is 1. The van der Waals surface area contributed by atoms with E-state index in [1.54, 1.807) is 18.4 Å². The summed E-state index contributed by atoms with van der Waals surface area (Å²) in [5.41, 5.74) is 4.90. The monoisotopic (exact) mass is 616 g/mol. The van der Waals surface area contributed by atoms with Gasteiger partial charge in [-0.3, -0.25) is 4.79 Å². The highest BCUT2D eigenvalue weighted by atomic mass is 79.9. The number of para-hydroxylation sites is 1. The van der Waals surface area contributed by atoms with Crippen LogP contribution in [0.4, 0.5) is 5.69 Å². The molecule has 0 aliphatic heterocycles. The molecule has 0 fully saturated rings. The summed E-state index contributed by atoms with van der Waals surface area (Å²) in [7, 11) is 1.64. The lowest BCUT2D eigenvalue weighted by atomic mass is 10.1. The number of rotatable bonds is 18. The number of aromatic nitrogens is 1. The number of unbranched alkanes of at least 4 members (excludes halogenated alkanes) is 9. The van der Waals surface area contributed by atoms with E-state index in [0.717, 1.165) is 29.8 Å². The van der Waals surface area contributed by atoms with Crippen molar-refractivity contribution in [3.05, 3.63) is 70.2 Å². The molecule has 5 nitrogen and oxygen atoms in total. The van der Waals surface area contributed by atoms with Crippen molar-refractivity contribution in [1.29, 1.82) is 0 Å². The number of carbonyl (C=O) groups is 1. The van der Waals surface area contributed by atoms with Gasteiger partial charge in [0.2, 0.25) is 11.4 Å². The van der Waals surface area contributed by atoms with Gasteiger partial charge in [-0.25, -0.2) is 0 Å². The van der Waals surface area contributed by atoms with Crippen LogP contribution in [0.3, 0.4) is 0 Å². The van der Waals surface area contributed by atoms with E-state index in [4.69, 9.17) is 9.47 Å². The largest absolute Gasteiger partial charge is 1.00 e. The van der Waals surface area contributed by atoms with Crippen LogP contribution in [0.25, 0.3) is 0 Å². The zero-order valence-electron chi connectivity index (χ0n) is 23.8. The van der Waals surface area contributed by atoms with E-state index in [2.05, 4.69) is 41.5 Å². The standard InChI is InChI=1S/C32H44N2O3S.BrH/c1-4-5-6-7-8-9-10-11-12-13-20-37-32-28(17-15-19-30(32)36-3)22-31(35)33-29-18-14-16-27(21-29)24-34-23-26(2)38-25-34;/h14-19,21,23,25H,4-13,20,22,24H2,1-3H3;1H. The molecule has 1 heterocycles. The molecule has 3 rings (SSSR count). The number of hydrogen-bond donors (Lipinski definition) is 1. The summed E-state index contributed by atoms with van der Waals surface area (Å²) in [6.45, 7) is 5.78. The minimum Gasteiger partial charge on any atom is -1.00 e. The fourth-order valence-corrected chi connectivity index (χ4v) is 5.29. The highest BCUT2D eigenvalue weighted by Crippen LogP contribution is 2.32. The molecule has 0 unspecified atom stereocenters. The van der Waals surface area contributed by atoms with E-state index >= 15 is 0 Å². The highest BCUT2D eigenvalue weighted by molar-refractivity contribution is 7.09. The van der Waals surface area contributed by atoms with Crippen molar-refractivity contribution >= 4 is 22.9 Å². The van der Waals surface area contributed by atoms with Crippen molar-refractivity contribution in [3.63, 3.8) is 0 Å². The van der Waals surface area contributed by atoms with Crippen LogP contribution >= 0.6 is 11.3 Å². The molecule has 0 saturated heterocycles. The first kappa shape index (κ1) is 32.8. The Balaban J connectivity index is 0.00000533. The maximum absolute atomic E-state index is 13.0. The molecular formula is C32H45BrN2O3S. The lowest BCUT2D eigenvalue weighted by molar-refractivity contribution is -0.683. The van der Waals surface area contributed by atoms with Crippen molar-refractivity contribution in [2.75, 3.05) is 19.0 Å². The average Bonchev–Trinajstić information content (AvgIpc) is 3.32. The summed E-state index contributed by atoms with van der Waals surface area (Å²) < 4.78 is 13.9. The fourth-order valence-electron chi connectivity index (χ4n) is 4.65. The van der Waals surface area contributed by atoms with Crippen molar-refractivity contribution < 1.29 is 35.8 Å². The summed E-state index contributed by atoms with van der Waals surface area (Å²) in [6.07, 6.45) is 15.2. The Morgan fingerprint density at radius 3 is 2.31 bits per heavy atom. The molecule has 0 saturated carbocycles. The number of benzene rings is 2. The van der Waals surface area contributed by atoms with Crippen LogP contribution in [0, 0.1) is 6.92 Å². The third-order valence-electron chi connectivity index (χ3n) is 6.67. The number of aryl methyl sites for hydroxylation is 1. The Morgan fingerprint density at radius 2 is 1.64 bits per heavy atom. The molecule has 1 aromatic heterocycles. The van der Waals surface area contributed by atoms with Crippen molar-refractivity contribution in [3.8, 4) is 11.5 Å². The Bertz CT molecular complexity index is 1120. The van der Waals surface area contributed by atoms with Gasteiger partial charge < -0.3 is 31.8 Å². The molecule has 214 valence electrons. The summed E-state index contributed by atoms with van der Waals surface area (Å²) in [5.74, 6) is 1.28. The molecule has 0 aliphatic carbocycles. The molecule has 0 aliphatic rings. The van der Waals surface area contributed by atoms with Gasteiger partial charge in [-0.15, -0.1) is 0 Å². The molecule has 0 atom stereocenters. The number of nitrogens with one attached hydrogen (secondary N) is 1. The van der Waals surface area contributed by atoms with Crippen LogP contribution in [-0.4, -0.2) is 19.6 Å². The smallest absolute Gasteiger partial charge is 0.228 e. The second-order valence-electron chi connectivity index (χ2n) is 10.0. The number of carbonyl (C=O) groups excluding carboxylic acids is 1. The average molecular weight is 618 g/mol. The molecule has 0 bridgehead atoms. The third kappa shape index (κ3) is 12.1. The van der Waals surface area contributed by atoms with Crippen LogP contribution in [0.2, 0.25) is 0 Å². The van der Waals surface area contributed by atoms with Gasteiger partial charge in [0.25, 0.3) is 0 Å². The molecule has 39 heavy (non-hydrogen) atoms. The van der Waals surface area contributed by atoms with E-state index in [9.17, 15) is 4.79 Å². The third-order valence-corrected chi connectivity index (χ3v) is 7.53. The van der Waals surface area contributed by atoms with E-state index in [-0.39, 0.29) is 29.3 Å². The summed E-state index contributed by atoms with van der Waals surface area (Å²) in [5, 5.41) is 3.06. The quantitative estimate of drug-likeness (QED) is 0.164. The first-order valence-corrected chi connectivity index (χ1v) is 15.1. The normalized spacial score (nSPS) is 10.6. The number of halogens is 1. The molecule has 1 N–H and O–H groups in total. The van der Waals surface area contributed by atoms with Gasteiger partial charge in [0.15, 0.2) is 24.2 Å². The van der Waals surface area contributed by atoms with Crippen molar-refractivity contribution in [2.24, 2.45) is 0 Å². The Kier molecular flexibility index (Phi) is 15.8. The zero-order chi connectivity index (χ0) is 27.0. The van der Waals surface area contributed by atoms with E-state index in [0.29, 0.717) is 18.1 Å². The lowest BCUT2D eigenvalue weighted by Crippen LogP contribution is -3.00. The van der Waals surface area contributed by atoms with Crippen LogP contribution in [0.15, 0.2) is 54.2 Å². The lowest BCUT2D eigenvalue weighted by Gasteiger charge is -2.15. The summed E-state index contributed by atoms with van der Waals surface area (Å²) in [4.78, 5) is 14.2. The molecule has 0 radical (unpaired) electrons. The van der Waals surface area contributed by atoms with Gasteiger partial charge in [0.05, 0.1) is 25.0 Å². The number of amides is 1. The minimum atomic E-state index is -0.0711. The number of ether oxygens (including phenoxy) is 2. The van der Waals surface area contributed by atoms with E-state index < -0.39 is 0 Å². The van der Waals surface area contributed by atoms with E-state index in [1.165, 1.54) is 62.7 Å². The first-order chi connectivity index (χ1) is 18.6. The second-order valence-corrected chi connectivity index (χ2v) is 11.1. The van der Waals surface area contributed by atoms with Gasteiger partial charge in [-0.1, -0.05) is 100 Å². The maximum Gasteiger partial charge on any atom is 0.228 e. The van der Waals surface area contributed by atoms with Crippen LogP contribution in [-0.2, 0) is 17.8 Å². The first-order valence-electron chi connectivity index (χ1n) is 14.2.